The van der Waals surface area contributed by atoms with Crippen molar-refractivity contribution >= 4 is 17.9 Å². The van der Waals surface area contributed by atoms with Gasteiger partial charge in [0.2, 0.25) is 0 Å². The summed E-state index contributed by atoms with van der Waals surface area (Å²) in [5, 5.41) is 0. The molecule has 1 unspecified atom stereocenters. The normalized spacial score (nSPS) is 13.1. The quantitative estimate of drug-likeness (QED) is 0.0261. The summed E-state index contributed by atoms with van der Waals surface area (Å²) in [7, 11) is 0. The second-order valence-corrected chi connectivity index (χ2v) is 20.9. The van der Waals surface area contributed by atoms with E-state index in [9.17, 15) is 14.4 Å². The second kappa shape index (κ2) is 65.8. The number of ether oxygens (including phenoxy) is 3. The molecule has 1 atom stereocenters. The highest BCUT2D eigenvalue weighted by molar-refractivity contribution is 5.71. The summed E-state index contributed by atoms with van der Waals surface area (Å²) in [6.07, 6.45) is 94.4. The van der Waals surface area contributed by atoms with Crippen LogP contribution in [0.15, 0.2) is 146 Å². The smallest absolute Gasteiger partial charge is 0.306 e. The van der Waals surface area contributed by atoms with E-state index in [0.717, 1.165) is 122 Å². The van der Waals surface area contributed by atoms with E-state index in [1.54, 1.807) is 0 Å². The summed E-state index contributed by atoms with van der Waals surface area (Å²) in [6, 6.07) is 0. The second-order valence-electron chi connectivity index (χ2n) is 20.9. The zero-order valence-corrected chi connectivity index (χ0v) is 51.1. The molecule has 0 aromatic carbocycles. The molecule has 0 saturated heterocycles. The summed E-state index contributed by atoms with van der Waals surface area (Å²) in [4.78, 5) is 38.3. The van der Waals surface area contributed by atoms with Crippen molar-refractivity contribution in [1.82, 2.24) is 0 Å². The van der Waals surface area contributed by atoms with Gasteiger partial charge in [-0.15, -0.1) is 0 Å². The first-order chi connectivity index (χ1) is 39.0. The number of hydrogen-bond acceptors (Lipinski definition) is 6. The van der Waals surface area contributed by atoms with Crippen LogP contribution in [0.2, 0.25) is 0 Å². The molecular formula is C73H118O6. The number of hydrogen-bond donors (Lipinski definition) is 0. The summed E-state index contributed by atoms with van der Waals surface area (Å²) >= 11 is 0. The van der Waals surface area contributed by atoms with Crippen LogP contribution in [0.5, 0.6) is 0 Å². The molecule has 6 nitrogen and oxygen atoms in total. The molecule has 0 bridgehead atoms. The van der Waals surface area contributed by atoms with Gasteiger partial charge in [0.1, 0.15) is 13.2 Å². The van der Waals surface area contributed by atoms with Crippen molar-refractivity contribution in [2.75, 3.05) is 13.2 Å². The maximum atomic E-state index is 12.9. The molecule has 0 rings (SSSR count). The van der Waals surface area contributed by atoms with Gasteiger partial charge in [-0.05, 0) is 128 Å². The zero-order valence-electron chi connectivity index (χ0n) is 51.1. The molecule has 0 heterocycles. The molecule has 0 N–H and O–H groups in total. The van der Waals surface area contributed by atoms with Crippen LogP contribution in [0.3, 0.4) is 0 Å². The molecule has 0 aromatic heterocycles. The summed E-state index contributed by atoms with van der Waals surface area (Å²) in [6.45, 7) is 6.31. The van der Waals surface area contributed by atoms with Crippen molar-refractivity contribution in [1.29, 1.82) is 0 Å². The lowest BCUT2D eigenvalue weighted by Crippen LogP contribution is -2.30. The van der Waals surface area contributed by atoms with Gasteiger partial charge in [0, 0.05) is 19.3 Å². The summed E-state index contributed by atoms with van der Waals surface area (Å²) in [5.74, 6) is -1.01. The Morgan fingerprint density at radius 1 is 0.266 bits per heavy atom. The number of allylic oxidation sites excluding steroid dienone is 24. The van der Waals surface area contributed by atoms with Gasteiger partial charge in [0.15, 0.2) is 6.10 Å². The molecular weight excluding hydrogens is 973 g/mol. The van der Waals surface area contributed by atoms with E-state index in [0.29, 0.717) is 19.3 Å². The lowest BCUT2D eigenvalue weighted by molar-refractivity contribution is -0.166. The van der Waals surface area contributed by atoms with Crippen LogP contribution in [0.4, 0.5) is 0 Å². The van der Waals surface area contributed by atoms with Gasteiger partial charge < -0.3 is 14.2 Å². The lowest BCUT2D eigenvalue weighted by Gasteiger charge is -2.18. The third kappa shape index (κ3) is 64.0. The van der Waals surface area contributed by atoms with Crippen molar-refractivity contribution in [3.05, 3.63) is 146 Å². The van der Waals surface area contributed by atoms with Crippen molar-refractivity contribution in [2.45, 2.75) is 284 Å². The van der Waals surface area contributed by atoms with Crippen LogP contribution in [0, 0.1) is 0 Å². The van der Waals surface area contributed by atoms with Gasteiger partial charge >= 0.3 is 17.9 Å². The van der Waals surface area contributed by atoms with Gasteiger partial charge in [-0.2, -0.15) is 0 Å². The predicted molar refractivity (Wildman–Crippen MR) is 343 cm³/mol. The van der Waals surface area contributed by atoms with Crippen LogP contribution in [-0.2, 0) is 28.6 Å². The Morgan fingerprint density at radius 3 is 0.848 bits per heavy atom. The molecule has 0 spiro atoms. The van der Waals surface area contributed by atoms with Crippen molar-refractivity contribution < 1.29 is 28.6 Å². The first kappa shape index (κ1) is 74.3. The molecule has 0 aromatic rings. The Kier molecular flexibility index (Phi) is 61.9. The van der Waals surface area contributed by atoms with Crippen molar-refractivity contribution in [2.24, 2.45) is 0 Å². The number of carbonyl (C=O) groups is 3. The Labute approximate surface area is 487 Å². The van der Waals surface area contributed by atoms with Gasteiger partial charge in [0.25, 0.3) is 0 Å². The van der Waals surface area contributed by atoms with Crippen LogP contribution in [-0.4, -0.2) is 37.2 Å². The first-order valence-corrected chi connectivity index (χ1v) is 32.3. The SMILES string of the molecule is CC/C=C\C/C=C\C/C=C\C/C=C\C/C=C\CCCCCCCCCCCCCCCC(=O)OCC(COC(=O)CC/C=C\C/C=C\C/C=C\C/C=C\CC)OC(=O)CCCCCCCC/C=C\C/C=C\C/C=C\CCCCC. The highest BCUT2D eigenvalue weighted by Crippen LogP contribution is 2.15. The van der Waals surface area contributed by atoms with Crippen LogP contribution in [0.25, 0.3) is 0 Å². The van der Waals surface area contributed by atoms with E-state index in [-0.39, 0.29) is 37.5 Å². The minimum atomic E-state index is -0.821. The number of rotatable bonds is 57. The molecule has 0 amide bonds. The Balaban J connectivity index is 4.35. The maximum absolute atomic E-state index is 12.9. The fraction of sp³-hybridized carbons (Fsp3) is 0.630. The molecule has 0 aliphatic carbocycles. The van der Waals surface area contributed by atoms with E-state index in [1.807, 2.05) is 6.08 Å². The van der Waals surface area contributed by atoms with Crippen LogP contribution >= 0.6 is 0 Å². The van der Waals surface area contributed by atoms with Gasteiger partial charge in [-0.3, -0.25) is 14.4 Å². The molecule has 0 radical (unpaired) electrons. The number of unbranched alkanes of at least 4 members (excludes halogenated alkanes) is 22. The third-order valence-electron chi connectivity index (χ3n) is 13.3. The molecule has 0 fully saturated rings. The molecule has 0 aliphatic rings. The van der Waals surface area contributed by atoms with Gasteiger partial charge in [-0.1, -0.05) is 276 Å². The van der Waals surface area contributed by atoms with E-state index >= 15 is 0 Å². The Bertz CT molecular complexity index is 1730. The van der Waals surface area contributed by atoms with Crippen molar-refractivity contribution in [3.63, 3.8) is 0 Å². The molecule has 0 aliphatic heterocycles. The van der Waals surface area contributed by atoms with E-state index in [4.69, 9.17) is 14.2 Å². The average molecular weight is 1090 g/mol. The monoisotopic (exact) mass is 1090 g/mol. The predicted octanol–water partition coefficient (Wildman–Crippen LogP) is 22.3. The molecule has 0 saturated carbocycles. The first-order valence-electron chi connectivity index (χ1n) is 32.3. The molecule has 446 valence electrons. The Morgan fingerprint density at radius 2 is 0.519 bits per heavy atom. The minimum absolute atomic E-state index is 0.110. The maximum Gasteiger partial charge on any atom is 0.306 e. The highest BCUT2D eigenvalue weighted by Gasteiger charge is 2.19. The summed E-state index contributed by atoms with van der Waals surface area (Å²) < 4.78 is 16.8. The van der Waals surface area contributed by atoms with Crippen LogP contribution in [0.1, 0.15) is 278 Å². The topological polar surface area (TPSA) is 78.9 Å². The van der Waals surface area contributed by atoms with E-state index in [2.05, 4.69) is 161 Å². The van der Waals surface area contributed by atoms with Crippen LogP contribution < -0.4 is 0 Å². The van der Waals surface area contributed by atoms with Crippen molar-refractivity contribution in [3.8, 4) is 0 Å². The lowest BCUT2D eigenvalue weighted by atomic mass is 10.0. The van der Waals surface area contributed by atoms with E-state index < -0.39 is 6.10 Å². The average Bonchev–Trinajstić information content (AvgIpc) is 3.45. The zero-order chi connectivity index (χ0) is 57.1. The molecule has 79 heavy (non-hydrogen) atoms. The molecule has 6 heteroatoms. The van der Waals surface area contributed by atoms with Gasteiger partial charge in [-0.25, -0.2) is 0 Å². The van der Waals surface area contributed by atoms with Gasteiger partial charge in [0.05, 0.1) is 0 Å². The number of carbonyl (C=O) groups excluding carboxylic acids is 3. The fourth-order valence-electron chi connectivity index (χ4n) is 8.55. The number of esters is 3. The standard InChI is InChI=1S/C73H118O6/c1-4-7-10-13-16-19-22-25-27-29-31-32-33-34-35-36-37-38-39-40-42-43-45-48-51-54-57-60-63-66-72(75)78-69-70(68-77-71(74)65-62-59-56-53-50-47-24-21-18-15-12-9-6-3)79-73(76)67-64-61-58-55-52-49-46-44-41-30-28-26-23-20-17-14-11-8-5-2/h7,9-10,12,16-21,25-28,31-32,34-35,41,44,47,50,56,59,70H,4-6,8,11,13-15,22-24,29-30,33,36-40,42-43,45-46,48-49,51-55,57-58,60-69H2,1-3H3/b10-7-,12-9-,19-16-,20-17-,21-18-,27-25-,28-26-,32-31-,35-34-,44-41-,50-47-,59-56-. The Hall–Kier alpha value is -4.71. The summed E-state index contributed by atoms with van der Waals surface area (Å²) in [5.41, 5.74) is 0. The largest absolute Gasteiger partial charge is 0.462 e. The third-order valence-corrected chi connectivity index (χ3v) is 13.3. The highest BCUT2D eigenvalue weighted by atomic mass is 16.6. The van der Waals surface area contributed by atoms with E-state index in [1.165, 1.54) is 109 Å². The minimum Gasteiger partial charge on any atom is -0.462 e. The fourth-order valence-corrected chi connectivity index (χ4v) is 8.55.